The largest absolute Gasteiger partial charge is 0.496 e. The van der Waals surface area contributed by atoms with Gasteiger partial charge in [0.1, 0.15) is 5.75 Å². The van der Waals surface area contributed by atoms with Crippen LogP contribution in [0.1, 0.15) is 33.5 Å². The Balaban J connectivity index is 1.55. The number of benzene rings is 3. The minimum atomic E-state index is -0.243. The number of anilines is 1. The fourth-order valence-corrected chi connectivity index (χ4v) is 3.81. The highest BCUT2D eigenvalue weighted by molar-refractivity contribution is 6.03. The first-order valence-corrected chi connectivity index (χ1v) is 11.5. The molecule has 0 unspecified atom stereocenters. The Hall–Kier alpha value is -4.00. The Kier molecular flexibility index (Phi) is 9.12. The van der Waals surface area contributed by atoms with E-state index < -0.39 is 0 Å². The Labute approximate surface area is 206 Å². The Morgan fingerprint density at radius 1 is 0.771 bits per heavy atom. The van der Waals surface area contributed by atoms with Gasteiger partial charge >= 0.3 is 0 Å². The molecule has 7 heteroatoms. The molecule has 0 spiro atoms. The van der Waals surface area contributed by atoms with Crippen molar-refractivity contribution < 1.29 is 23.8 Å². The number of ether oxygens (including phenoxy) is 3. The highest BCUT2D eigenvalue weighted by atomic mass is 16.5. The van der Waals surface area contributed by atoms with Crippen molar-refractivity contribution in [2.24, 2.45) is 0 Å². The summed E-state index contributed by atoms with van der Waals surface area (Å²) in [5.41, 5.74) is 4.01. The zero-order valence-electron chi connectivity index (χ0n) is 20.6. The molecule has 0 bridgehead atoms. The topological polar surface area (TPSA) is 85.9 Å². The van der Waals surface area contributed by atoms with Crippen molar-refractivity contribution >= 4 is 17.5 Å². The van der Waals surface area contributed by atoms with Crippen LogP contribution in [0.15, 0.2) is 60.7 Å². The van der Waals surface area contributed by atoms with Crippen LogP contribution in [0.2, 0.25) is 0 Å². The summed E-state index contributed by atoms with van der Waals surface area (Å²) in [7, 11) is 4.82. The molecule has 0 aliphatic rings. The number of amides is 2. The molecule has 35 heavy (non-hydrogen) atoms. The van der Waals surface area contributed by atoms with E-state index in [0.29, 0.717) is 48.6 Å². The van der Waals surface area contributed by atoms with E-state index in [1.54, 1.807) is 45.6 Å². The van der Waals surface area contributed by atoms with Crippen LogP contribution in [-0.2, 0) is 17.6 Å². The summed E-state index contributed by atoms with van der Waals surface area (Å²) < 4.78 is 15.9. The van der Waals surface area contributed by atoms with Crippen LogP contribution in [0.25, 0.3) is 0 Å². The standard InChI is InChI=1S/C28H32N2O5/c1-19-17-20(9-12-24(19)33-2)11-14-27(31)30-23-8-6-5-7-22(23)28(32)29-16-15-21-10-13-25(34-3)26(18-21)35-4/h5-10,12-13,17-18H,11,14-16H2,1-4H3,(H,29,32)(H,30,31). The third-order valence-corrected chi connectivity index (χ3v) is 5.69. The molecule has 0 atom stereocenters. The van der Waals surface area contributed by atoms with Crippen molar-refractivity contribution in [3.05, 3.63) is 82.9 Å². The number of carbonyl (C=O) groups excluding carboxylic acids is 2. The van der Waals surface area contributed by atoms with E-state index in [1.165, 1.54) is 0 Å². The number of methoxy groups -OCH3 is 3. The van der Waals surface area contributed by atoms with Crippen LogP contribution >= 0.6 is 0 Å². The van der Waals surface area contributed by atoms with E-state index in [0.717, 1.165) is 22.4 Å². The normalized spacial score (nSPS) is 10.4. The summed E-state index contributed by atoms with van der Waals surface area (Å²) in [6.45, 7) is 2.41. The molecule has 7 nitrogen and oxygen atoms in total. The number of carbonyl (C=O) groups is 2. The van der Waals surface area contributed by atoms with Gasteiger partial charge in [-0.25, -0.2) is 0 Å². The van der Waals surface area contributed by atoms with Gasteiger partial charge in [0.2, 0.25) is 5.91 Å². The van der Waals surface area contributed by atoms with Gasteiger partial charge < -0.3 is 24.8 Å². The Morgan fingerprint density at radius 3 is 2.11 bits per heavy atom. The summed E-state index contributed by atoms with van der Waals surface area (Å²) in [5, 5.41) is 5.81. The monoisotopic (exact) mass is 476 g/mol. The molecule has 0 aliphatic heterocycles. The lowest BCUT2D eigenvalue weighted by Crippen LogP contribution is -2.27. The molecule has 184 valence electrons. The lowest BCUT2D eigenvalue weighted by atomic mass is 10.1. The van der Waals surface area contributed by atoms with Crippen LogP contribution in [0.5, 0.6) is 17.2 Å². The first-order chi connectivity index (χ1) is 16.9. The molecule has 2 amide bonds. The van der Waals surface area contributed by atoms with Crippen LogP contribution < -0.4 is 24.8 Å². The van der Waals surface area contributed by atoms with E-state index >= 15 is 0 Å². The van der Waals surface area contributed by atoms with E-state index in [9.17, 15) is 9.59 Å². The minimum absolute atomic E-state index is 0.149. The molecule has 3 aromatic carbocycles. The van der Waals surface area contributed by atoms with Crippen molar-refractivity contribution in [2.75, 3.05) is 33.2 Å². The van der Waals surface area contributed by atoms with Gasteiger partial charge in [0.15, 0.2) is 11.5 Å². The quantitative estimate of drug-likeness (QED) is 0.424. The van der Waals surface area contributed by atoms with Crippen LogP contribution in [-0.4, -0.2) is 39.7 Å². The number of hydrogen-bond donors (Lipinski definition) is 2. The van der Waals surface area contributed by atoms with Crippen molar-refractivity contribution in [2.45, 2.75) is 26.2 Å². The van der Waals surface area contributed by atoms with Crippen molar-refractivity contribution in [3.8, 4) is 17.2 Å². The minimum Gasteiger partial charge on any atom is -0.496 e. The SMILES string of the molecule is COc1ccc(CCC(=O)Nc2ccccc2C(=O)NCCc2ccc(OC)c(OC)c2)cc1C. The van der Waals surface area contributed by atoms with Gasteiger partial charge in [-0.05, 0) is 66.8 Å². The number of rotatable bonds is 11. The van der Waals surface area contributed by atoms with Crippen molar-refractivity contribution in [1.82, 2.24) is 5.32 Å². The summed E-state index contributed by atoms with van der Waals surface area (Å²) >= 11 is 0. The number of aryl methyl sites for hydroxylation is 2. The first kappa shape index (κ1) is 25.6. The maximum atomic E-state index is 12.8. The van der Waals surface area contributed by atoms with Crippen LogP contribution in [0.4, 0.5) is 5.69 Å². The fourth-order valence-electron chi connectivity index (χ4n) is 3.81. The van der Waals surface area contributed by atoms with Gasteiger partial charge in [-0.1, -0.05) is 30.3 Å². The van der Waals surface area contributed by atoms with Gasteiger partial charge in [0, 0.05) is 13.0 Å². The molecule has 0 aliphatic carbocycles. The predicted molar refractivity (Wildman–Crippen MR) is 137 cm³/mol. The molecule has 0 radical (unpaired) electrons. The van der Waals surface area contributed by atoms with Crippen molar-refractivity contribution in [3.63, 3.8) is 0 Å². The third-order valence-electron chi connectivity index (χ3n) is 5.69. The molecule has 0 fully saturated rings. The summed E-state index contributed by atoms with van der Waals surface area (Å²) in [5.74, 6) is 1.74. The molecule has 0 saturated heterocycles. The zero-order chi connectivity index (χ0) is 25.2. The Morgan fingerprint density at radius 2 is 1.43 bits per heavy atom. The number of hydrogen-bond acceptors (Lipinski definition) is 5. The molecular formula is C28H32N2O5. The van der Waals surface area contributed by atoms with E-state index in [-0.39, 0.29) is 11.8 Å². The maximum Gasteiger partial charge on any atom is 0.253 e. The second-order valence-corrected chi connectivity index (χ2v) is 8.09. The average molecular weight is 477 g/mol. The van der Waals surface area contributed by atoms with Crippen LogP contribution in [0, 0.1) is 6.92 Å². The molecule has 2 N–H and O–H groups in total. The first-order valence-electron chi connectivity index (χ1n) is 11.5. The van der Waals surface area contributed by atoms with Gasteiger partial charge in [-0.15, -0.1) is 0 Å². The molecule has 0 saturated carbocycles. The predicted octanol–water partition coefficient (Wildman–Crippen LogP) is 4.56. The molecule has 3 rings (SSSR count). The molecular weight excluding hydrogens is 444 g/mol. The number of nitrogens with one attached hydrogen (secondary N) is 2. The molecule has 3 aromatic rings. The molecule has 0 aromatic heterocycles. The van der Waals surface area contributed by atoms with Gasteiger partial charge in [0.05, 0.1) is 32.6 Å². The second-order valence-electron chi connectivity index (χ2n) is 8.09. The second kappa shape index (κ2) is 12.5. The summed E-state index contributed by atoms with van der Waals surface area (Å²) in [6, 6.07) is 18.6. The molecule has 0 heterocycles. The maximum absolute atomic E-state index is 12.8. The highest BCUT2D eigenvalue weighted by Gasteiger charge is 2.13. The highest BCUT2D eigenvalue weighted by Crippen LogP contribution is 2.27. The Bertz CT molecular complexity index is 1180. The van der Waals surface area contributed by atoms with Gasteiger partial charge in [-0.3, -0.25) is 9.59 Å². The number of para-hydroxylation sites is 1. The van der Waals surface area contributed by atoms with E-state index in [4.69, 9.17) is 14.2 Å². The lowest BCUT2D eigenvalue weighted by Gasteiger charge is -2.13. The lowest BCUT2D eigenvalue weighted by molar-refractivity contribution is -0.116. The van der Waals surface area contributed by atoms with Gasteiger partial charge in [-0.2, -0.15) is 0 Å². The smallest absolute Gasteiger partial charge is 0.253 e. The summed E-state index contributed by atoms with van der Waals surface area (Å²) in [6.07, 6.45) is 1.53. The fraction of sp³-hybridized carbons (Fsp3) is 0.286. The van der Waals surface area contributed by atoms with E-state index in [1.807, 2.05) is 43.3 Å². The van der Waals surface area contributed by atoms with Crippen molar-refractivity contribution in [1.29, 1.82) is 0 Å². The summed E-state index contributed by atoms with van der Waals surface area (Å²) in [4.78, 5) is 25.4. The zero-order valence-corrected chi connectivity index (χ0v) is 20.6. The third kappa shape index (κ3) is 6.99. The van der Waals surface area contributed by atoms with Crippen LogP contribution in [0.3, 0.4) is 0 Å². The average Bonchev–Trinajstić information content (AvgIpc) is 2.87. The van der Waals surface area contributed by atoms with Gasteiger partial charge in [0.25, 0.3) is 5.91 Å². The van der Waals surface area contributed by atoms with E-state index in [2.05, 4.69) is 10.6 Å².